The molecule has 0 fully saturated rings. The molecule has 0 aliphatic heterocycles. The second-order valence-electron chi connectivity index (χ2n) is 4.38. The van der Waals surface area contributed by atoms with Gasteiger partial charge >= 0.3 is 5.97 Å². The molecule has 0 aliphatic rings. The fraction of sp³-hybridized carbons (Fsp3) is 0.533. The molecule has 2 unspecified atom stereocenters. The Balaban J connectivity index is 2.63. The van der Waals surface area contributed by atoms with Gasteiger partial charge in [-0.25, -0.2) is 4.79 Å². The fourth-order valence-electron chi connectivity index (χ4n) is 1.76. The zero-order valence-corrected chi connectivity index (χ0v) is 12.7. The number of rotatable bonds is 8. The summed E-state index contributed by atoms with van der Waals surface area (Å²) in [6.07, 6.45) is 3.13. The summed E-state index contributed by atoms with van der Waals surface area (Å²) in [6.45, 7) is 5.23. The van der Waals surface area contributed by atoms with Gasteiger partial charge in [0.25, 0.3) is 0 Å². The second kappa shape index (κ2) is 8.99. The Kier molecular flexibility index (Phi) is 7.60. The summed E-state index contributed by atoms with van der Waals surface area (Å²) in [5.74, 6) is -0.203. The molecule has 1 aromatic rings. The normalized spacial score (nSPS) is 13.8. The van der Waals surface area contributed by atoms with Gasteiger partial charge in [-0.1, -0.05) is 37.3 Å². The van der Waals surface area contributed by atoms with Crippen LogP contribution < -0.4 is 5.32 Å². The lowest BCUT2D eigenvalue weighted by molar-refractivity contribution is -0.145. The lowest BCUT2D eigenvalue weighted by Gasteiger charge is -2.18. The number of hydrogen-bond donors (Lipinski definition) is 1. The largest absolute Gasteiger partial charge is 0.465 e. The molecule has 0 aromatic heterocycles. The first-order valence-electron chi connectivity index (χ1n) is 6.66. The summed E-state index contributed by atoms with van der Waals surface area (Å²) >= 11 is 1.83. The Morgan fingerprint density at radius 3 is 2.63 bits per heavy atom. The average molecular weight is 281 g/mol. The van der Waals surface area contributed by atoms with Gasteiger partial charge in [-0.05, 0) is 31.7 Å². The van der Waals surface area contributed by atoms with Crippen LogP contribution in [0, 0.1) is 0 Å². The SMILES string of the molecule is CCOC(=O)C(NCCC(C)SC)c1ccccc1. The molecule has 0 radical (unpaired) electrons. The number of ether oxygens (including phenoxy) is 1. The van der Waals surface area contributed by atoms with Crippen molar-refractivity contribution in [1.29, 1.82) is 0 Å². The number of thioether (sulfide) groups is 1. The van der Waals surface area contributed by atoms with Gasteiger partial charge < -0.3 is 10.1 Å². The molecule has 3 nitrogen and oxygen atoms in total. The summed E-state index contributed by atoms with van der Waals surface area (Å²) in [4.78, 5) is 12.0. The molecule has 4 heteroatoms. The second-order valence-corrected chi connectivity index (χ2v) is 5.66. The van der Waals surface area contributed by atoms with E-state index in [2.05, 4.69) is 18.5 Å². The van der Waals surface area contributed by atoms with E-state index in [1.807, 2.05) is 49.0 Å². The lowest BCUT2D eigenvalue weighted by atomic mass is 10.1. The topological polar surface area (TPSA) is 38.3 Å². The number of esters is 1. The van der Waals surface area contributed by atoms with Crippen LogP contribution in [0.3, 0.4) is 0 Å². The summed E-state index contributed by atoms with van der Waals surface area (Å²) in [5, 5.41) is 3.89. The first kappa shape index (κ1) is 16.1. The van der Waals surface area contributed by atoms with Crippen LogP contribution in [-0.4, -0.2) is 30.6 Å². The lowest BCUT2D eigenvalue weighted by Crippen LogP contribution is -2.31. The third-order valence-corrected chi connectivity index (χ3v) is 4.00. The van der Waals surface area contributed by atoms with E-state index in [4.69, 9.17) is 4.74 Å². The van der Waals surface area contributed by atoms with Crippen molar-refractivity contribution in [3.63, 3.8) is 0 Å². The Hall–Kier alpha value is -1.00. The number of benzene rings is 1. The van der Waals surface area contributed by atoms with Crippen molar-refractivity contribution in [2.24, 2.45) is 0 Å². The van der Waals surface area contributed by atoms with Gasteiger partial charge in [0.05, 0.1) is 6.61 Å². The highest BCUT2D eigenvalue weighted by atomic mass is 32.2. The summed E-state index contributed by atoms with van der Waals surface area (Å²) < 4.78 is 5.14. The van der Waals surface area contributed by atoms with Crippen molar-refractivity contribution >= 4 is 17.7 Å². The molecule has 1 aromatic carbocycles. The van der Waals surface area contributed by atoms with Gasteiger partial charge in [0.1, 0.15) is 6.04 Å². The van der Waals surface area contributed by atoms with E-state index >= 15 is 0 Å². The molecule has 2 atom stereocenters. The Labute approximate surface area is 120 Å². The molecule has 106 valence electrons. The molecular formula is C15H23NO2S. The molecule has 1 N–H and O–H groups in total. The van der Waals surface area contributed by atoms with Gasteiger partial charge in [-0.2, -0.15) is 11.8 Å². The van der Waals surface area contributed by atoms with Crippen molar-refractivity contribution in [1.82, 2.24) is 5.32 Å². The molecule has 0 saturated heterocycles. The van der Waals surface area contributed by atoms with E-state index in [0.29, 0.717) is 11.9 Å². The van der Waals surface area contributed by atoms with E-state index in [1.165, 1.54) is 0 Å². The van der Waals surface area contributed by atoms with Crippen molar-refractivity contribution < 1.29 is 9.53 Å². The fourth-order valence-corrected chi connectivity index (χ4v) is 2.11. The zero-order valence-electron chi connectivity index (χ0n) is 11.9. The highest BCUT2D eigenvalue weighted by molar-refractivity contribution is 7.99. The number of hydrogen-bond acceptors (Lipinski definition) is 4. The molecule has 1 rings (SSSR count). The van der Waals surface area contributed by atoms with Crippen LogP contribution >= 0.6 is 11.8 Å². The summed E-state index contributed by atoms with van der Waals surface area (Å²) in [7, 11) is 0. The van der Waals surface area contributed by atoms with Crippen LogP contribution in [0.5, 0.6) is 0 Å². The van der Waals surface area contributed by atoms with Crippen LogP contribution in [-0.2, 0) is 9.53 Å². The smallest absolute Gasteiger partial charge is 0.327 e. The molecule has 0 aliphatic carbocycles. The quantitative estimate of drug-likeness (QED) is 0.743. The highest BCUT2D eigenvalue weighted by Gasteiger charge is 2.20. The first-order valence-corrected chi connectivity index (χ1v) is 7.95. The molecule has 0 spiro atoms. The van der Waals surface area contributed by atoms with Gasteiger partial charge in [0, 0.05) is 5.25 Å². The van der Waals surface area contributed by atoms with E-state index in [9.17, 15) is 4.79 Å². The Morgan fingerprint density at radius 2 is 2.05 bits per heavy atom. The summed E-state index contributed by atoms with van der Waals surface area (Å²) in [5.41, 5.74) is 0.956. The molecule has 19 heavy (non-hydrogen) atoms. The van der Waals surface area contributed by atoms with Crippen molar-refractivity contribution in [2.75, 3.05) is 19.4 Å². The van der Waals surface area contributed by atoms with E-state index in [0.717, 1.165) is 18.5 Å². The number of carbonyl (C=O) groups excluding carboxylic acids is 1. The molecule has 0 heterocycles. The predicted molar refractivity (Wildman–Crippen MR) is 81.4 cm³/mol. The average Bonchev–Trinajstić information content (AvgIpc) is 2.44. The van der Waals surface area contributed by atoms with Crippen LogP contribution in [0.4, 0.5) is 0 Å². The van der Waals surface area contributed by atoms with Crippen molar-refractivity contribution in [2.45, 2.75) is 31.6 Å². The minimum Gasteiger partial charge on any atom is -0.465 e. The highest BCUT2D eigenvalue weighted by Crippen LogP contribution is 2.15. The van der Waals surface area contributed by atoms with Crippen LogP contribution in [0.25, 0.3) is 0 Å². The third kappa shape index (κ3) is 5.66. The number of nitrogens with one attached hydrogen (secondary N) is 1. The molecule has 0 bridgehead atoms. The van der Waals surface area contributed by atoms with Crippen molar-refractivity contribution in [3.05, 3.63) is 35.9 Å². The third-order valence-electron chi connectivity index (χ3n) is 2.96. The number of carbonyl (C=O) groups is 1. The standard InChI is InChI=1S/C15H23NO2S/c1-4-18-15(17)14(13-8-6-5-7-9-13)16-11-10-12(2)19-3/h5-9,12,14,16H,4,10-11H2,1-3H3. The van der Waals surface area contributed by atoms with Gasteiger partial charge in [-0.3, -0.25) is 0 Å². The van der Waals surface area contributed by atoms with Crippen LogP contribution in [0.1, 0.15) is 31.9 Å². The van der Waals surface area contributed by atoms with E-state index in [-0.39, 0.29) is 12.0 Å². The van der Waals surface area contributed by atoms with Crippen LogP contribution in [0.2, 0.25) is 0 Å². The minimum absolute atomic E-state index is 0.203. The van der Waals surface area contributed by atoms with Gasteiger partial charge in [0.15, 0.2) is 0 Å². The van der Waals surface area contributed by atoms with Crippen LogP contribution in [0.15, 0.2) is 30.3 Å². The zero-order chi connectivity index (χ0) is 14.1. The maximum absolute atomic E-state index is 12.0. The first-order chi connectivity index (χ1) is 9.19. The van der Waals surface area contributed by atoms with Crippen molar-refractivity contribution in [3.8, 4) is 0 Å². The molecule has 0 saturated carbocycles. The van der Waals surface area contributed by atoms with E-state index < -0.39 is 0 Å². The molecule has 0 amide bonds. The minimum atomic E-state index is -0.366. The Morgan fingerprint density at radius 1 is 1.37 bits per heavy atom. The molecular weight excluding hydrogens is 258 g/mol. The monoisotopic (exact) mass is 281 g/mol. The van der Waals surface area contributed by atoms with E-state index in [1.54, 1.807) is 0 Å². The van der Waals surface area contributed by atoms with Gasteiger partial charge in [-0.15, -0.1) is 0 Å². The maximum Gasteiger partial charge on any atom is 0.327 e. The van der Waals surface area contributed by atoms with Gasteiger partial charge in [0.2, 0.25) is 0 Å². The maximum atomic E-state index is 12.0. The summed E-state index contributed by atoms with van der Waals surface area (Å²) in [6, 6.07) is 9.36. The predicted octanol–water partition coefficient (Wildman–Crippen LogP) is 3.02. The Bertz CT molecular complexity index is 370.